The van der Waals surface area contributed by atoms with E-state index in [0.29, 0.717) is 17.7 Å². The molecule has 0 spiro atoms. The predicted molar refractivity (Wildman–Crippen MR) is 163 cm³/mol. The second-order valence-corrected chi connectivity index (χ2v) is 16.8. The van der Waals surface area contributed by atoms with Crippen molar-refractivity contribution in [2.75, 3.05) is 5.73 Å². The molecule has 7 rings (SSSR count). The van der Waals surface area contributed by atoms with E-state index in [1.54, 1.807) is 0 Å². The number of carboxylic acids is 1. The van der Waals surface area contributed by atoms with E-state index in [2.05, 4.69) is 75.9 Å². The molecule has 2 heterocycles. The van der Waals surface area contributed by atoms with Gasteiger partial charge >= 0.3 is 5.97 Å². The van der Waals surface area contributed by atoms with Gasteiger partial charge in [0.15, 0.2) is 0 Å². The molecular weight excluding hydrogens is 508 g/mol. The minimum atomic E-state index is -0.650. The first-order valence-electron chi connectivity index (χ1n) is 16.0. The number of nitrogen functional groups attached to an aromatic ring is 1. The van der Waals surface area contributed by atoms with Crippen LogP contribution in [0.15, 0.2) is 24.0 Å². The summed E-state index contributed by atoms with van der Waals surface area (Å²) < 4.78 is 0. The zero-order chi connectivity index (χ0) is 29.4. The second-order valence-electron chi connectivity index (χ2n) is 16.8. The van der Waals surface area contributed by atoms with Gasteiger partial charge in [-0.2, -0.15) is 5.10 Å². The molecule has 0 radical (unpaired) electrons. The fraction of sp³-hybridized carbons (Fsp3) is 0.714. The summed E-state index contributed by atoms with van der Waals surface area (Å²) in [4.78, 5) is 16.6. The molecule has 5 N–H and O–H groups in total. The highest BCUT2D eigenvalue weighted by Gasteiger charge is 2.70. The molecule has 0 aliphatic heterocycles. The molecule has 3 fully saturated rings. The smallest absolute Gasteiger partial charge is 0.310 e. The number of rotatable bonds is 2. The highest BCUT2D eigenvalue weighted by molar-refractivity contribution is 5.80. The van der Waals surface area contributed by atoms with Crippen molar-refractivity contribution in [3.8, 4) is 0 Å². The number of fused-ring (bicyclic) bond motifs is 8. The minimum Gasteiger partial charge on any atom is -0.481 e. The largest absolute Gasteiger partial charge is 0.481 e. The van der Waals surface area contributed by atoms with Crippen LogP contribution in [0, 0.1) is 44.8 Å². The van der Waals surface area contributed by atoms with Gasteiger partial charge in [0.1, 0.15) is 5.82 Å². The summed E-state index contributed by atoms with van der Waals surface area (Å²) in [5.41, 5.74) is 12.7. The van der Waals surface area contributed by atoms with Crippen molar-refractivity contribution in [1.29, 1.82) is 0 Å². The number of nitrogens with one attached hydrogen (secondary N) is 2. The summed E-state index contributed by atoms with van der Waals surface area (Å²) in [6.07, 6.45) is 13.0. The number of allylic oxidation sites excluding steroid dienone is 2. The Balaban J connectivity index is 1.47. The molecule has 0 aromatic carbocycles. The van der Waals surface area contributed by atoms with E-state index in [0.717, 1.165) is 44.9 Å². The van der Waals surface area contributed by atoms with Crippen LogP contribution in [0.4, 0.5) is 5.82 Å². The first kappa shape index (κ1) is 27.3. The fourth-order valence-corrected chi connectivity index (χ4v) is 12.0. The molecule has 0 bridgehead atoms. The molecule has 7 unspecified atom stereocenters. The maximum absolute atomic E-state index is 13.2. The first-order valence-corrected chi connectivity index (χ1v) is 16.0. The van der Waals surface area contributed by atoms with Gasteiger partial charge in [-0.05, 0) is 114 Å². The number of aromatic nitrogens is 3. The van der Waals surface area contributed by atoms with Crippen molar-refractivity contribution in [2.24, 2.45) is 44.8 Å². The van der Waals surface area contributed by atoms with E-state index in [1.807, 2.05) is 6.20 Å². The number of carbonyl (C=O) groups is 1. The van der Waals surface area contributed by atoms with Crippen molar-refractivity contribution in [3.05, 3.63) is 40.9 Å². The number of nitrogens with two attached hydrogens (primary N) is 1. The van der Waals surface area contributed by atoms with Crippen molar-refractivity contribution in [1.82, 2.24) is 15.2 Å². The van der Waals surface area contributed by atoms with Gasteiger partial charge in [0.25, 0.3) is 0 Å². The van der Waals surface area contributed by atoms with Crippen LogP contribution in [-0.4, -0.2) is 26.3 Å². The van der Waals surface area contributed by atoms with Crippen LogP contribution in [0.1, 0.15) is 117 Å². The molecule has 6 nitrogen and oxygen atoms in total. The number of hydrogen-bond donors (Lipinski definition) is 4. The third kappa shape index (κ3) is 3.25. The Hall–Kier alpha value is -2.50. The van der Waals surface area contributed by atoms with Gasteiger partial charge in [0, 0.05) is 29.1 Å². The topological polar surface area (TPSA) is 108 Å². The van der Waals surface area contributed by atoms with Crippen LogP contribution in [0.25, 0.3) is 5.57 Å². The molecular formula is C35H50N4O2. The van der Waals surface area contributed by atoms with Gasteiger partial charge < -0.3 is 15.8 Å². The SMILES string of the molecule is CC1(C)CCC2(C(=O)O)CCC3(C)C(=C(c4cc[nH]c4)CC4C5(C)Cc6c(N)n[nH]c6C(C)(C)C5CCC43C)C2C1. The average Bonchev–Trinajstić information content (AvgIpc) is 3.54. The minimum absolute atomic E-state index is 0.0359. The Kier molecular flexibility index (Phi) is 5.41. The van der Waals surface area contributed by atoms with Crippen LogP contribution in [-0.2, 0) is 16.6 Å². The van der Waals surface area contributed by atoms with E-state index in [-0.39, 0.29) is 33.0 Å². The lowest BCUT2D eigenvalue weighted by Crippen LogP contribution is -2.65. The summed E-state index contributed by atoms with van der Waals surface area (Å²) in [5.74, 6) is 1.16. The van der Waals surface area contributed by atoms with Crippen LogP contribution < -0.4 is 5.73 Å². The molecule has 222 valence electrons. The normalized spacial score (nSPS) is 42.4. The Labute approximate surface area is 245 Å². The average molecular weight is 559 g/mol. The Morgan fingerprint density at radius 1 is 1.02 bits per heavy atom. The van der Waals surface area contributed by atoms with Crippen LogP contribution in [0.3, 0.4) is 0 Å². The number of anilines is 1. The predicted octanol–water partition coefficient (Wildman–Crippen LogP) is 7.75. The zero-order valence-corrected chi connectivity index (χ0v) is 26.2. The van der Waals surface area contributed by atoms with Crippen LogP contribution in [0.5, 0.6) is 0 Å². The van der Waals surface area contributed by atoms with Gasteiger partial charge in [-0.15, -0.1) is 0 Å². The van der Waals surface area contributed by atoms with Gasteiger partial charge in [0.2, 0.25) is 0 Å². The number of aromatic amines is 2. The lowest BCUT2D eigenvalue weighted by molar-refractivity contribution is -0.175. The second kappa shape index (κ2) is 8.11. The number of H-pyrrole nitrogens is 2. The molecule has 3 saturated carbocycles. The summed E-state index contributed by atoms with van der Waals surface area (Å²) >= 11 is 0. The van der Waals surface area contributed by atoms with E-state index < -0.39 is 11.4 Å². The standard InChI is InChI=1S/C35H50N4O2/c1-30(2)11-13-35(29(40)41)14-12-34(7)26(23(35)18-30)21(20-9-15-37-19-20)16-25-32(5)17-22-27(38-39-28(22)36)31(3,4)24(32)8-10-33(25,34)6/h9,15,19,23-25,37H,8,10-14,16-18H2,1-7H3,(H,40,41)(H3,36,38,39). The maximum atomic E-state index is 13.2. The van der Waals surface area contributed by atoms with Gasteiger partial charge in [-0.25, -0.2) is 0 Å². The lowest BCUT2D eigenvalue weighted by atomic mass is 9.33. The van der Waals surface area contributed by atoms with Crippen LogP contribution >= 0.6 is 0 Å². The molecule has 0 amide bonds. The van der Waals surface area contributed by atoms with Crippen molar-refractivity contribution < 1.29 is 9.90 Å². The van der Waals surface area contributed by atoms with Crippen molar-refractivity contribution >= 4 is 17.4 Å². The van der Waals surface area contributed by atoms with E-state index in [9.17, 15) is 9.90 Å². The molecule has 7 atom stereocenters. The van der Waals surface area contributed by atoms with Gasteiger partial charge in [-0.3, -0.25) is 9.89 Å². The third-order valence-corrected chi connectivity index (χ3v) is 14.3. The number of hydrogen-bond acceptors (Lipinski definition) is 3. The number of nitrogens with zero attached hydrogens (tertiary/aromatic N) is 1. The molecule has 41 heavy (non-hydrogen) atoms. The third-order valence-electron chi connectivity index (χ3n) is 14.3. The quantitative estimate of drug-likeness (QED) is 0.302. The van der Waals surface area contributed by atoms with E-state index in [1.165, 1.54) is 40.8 Å². The number of aliphatic carboxylic acids is 1. The molecule has 0 saturated heterocycles. The summed E-state index contributed by atoms with van der Waals surface area (Å²) in [6.45, 7) is 17.2. The molecule has 6 heteroatoms. The first-order chi connectivity index (χ1) is 19.1. The summed E-state index contributed by atoms with van der Waals surface area (Å²) in [7, 11) is 0. The fourth-order valence-electron chi connectivity index (χ4n) is 12.0. The van der Waals surface area contributed by atoms with E-state index in [4.69, 9.17) is 5.73 Å². The highest BCUT2D eigenvalue weighted by Crippen LogP contribution is 2.77. The zero-order valence-electron chi connectivity index (χ0n) is 26.2. The van der Waals surface area contributed by atoms with Crippen molar-refractivity contribution in [3.63, 3.8) is 0 Å². The van der Waals surface area contributed by atoms with Crippen LogP contribution in [0.2, 0.25) is 0 Å². The highest BCUT2D eigenvalue weighted by atomic mass is 16.4. The lowest BCUT2D eigenvalue weighted by Gasteiger charge is -2.71. The Morgan fingerprint density at radius 2 is 1.76 bits per heavy atom. The summed E-state index contributed by atoms with van der Waals surface area (Å²) in [6, 6.07) is 2.23. The van der Waals surface area contributed by atoms with E-state index >= 15 is 0 Å². The molecule has 2 aromatic heterocycles. The van der Waals surface area contributed by atoms with Gasteiger partial charge in [0.05, 0.1) is 5.41 Å². The number of carboxylic acid groups (broad SMARTS) is 1. The van der Waals surface area contributed by atoms with Gasteiger partial charge in [-0.1, -0.05) is 54.0 Å². The molecule has 5 aliphatic carbocycles. The molecule has 5 aliphatic rings. The maximum Gasteiger partial charge on any atom is 0.310 e. The molecule has 2 aromatic rings. The Bertz CT molecular complexity index is 1450. The van der Waals surface area contributed by atoms with Crippen molar-refractivity contribution in [2.45, 2.75) is 112 Å². The monoisotopic (exact) mass is 558 g/mol. The Morgan fingerprint density at radius 3 is 2.44 bits per heavy atom. The summed E-state index contributed by atoms with van der Waals surface area (Å²) in [5, 5.41) is 18.7.